The van der Waals surface area contributed by atoms with Crippen LogP contribution in [0.3, 0.4) is 0 Å². The van der Waals surface area contributed by atoms with Gasteiger partial charge in [-0.3, -0.25) is 0 Å². The van der Waals surface area contributed by atoms with Crippen molar-refractivity contribution in [3.05, 3.63) is 120 Å². The Labute approximate surface area is 201 Å². The van der Waals surface area contributed by atoms with Gasteiger partial charge < -0.3 is 19.7 Å². The summed E-state index contributed by atoms with van der Waals surface area (Å²) in [4.78, 5) is 0. The fourth-order valence-electron chi connectivity index (χ4n) is 2.63. The Hall–Kier alpha value is -3.04. The van der Waals surface area contributed by atoms with E-state index in [0.29, 0.717) is 24.7 Å². The van der Waals surface area contributed by atoms with E-state index in [1.807, 2.05) is 72.8 Å². The Morgan fingerprint density at radius 3 is 1.13 bits per heavy atom. The van der Waals surface area contributed by atoms with Gasteiger partial charge in [0.2, 0.25) is 0 Å². The first kappa shape index (κ1) is 24.2. The van der Waals surface area contributed by atoms with Crippen LogP contribution in [0.25, 0.3) is 0 Å². The van der Waals surface area contributed by atoms with Crippen LogP contribution >= 0.6 is 0 Å². The van der Waals surface area contributed by atoms with Crippen LogP contribution in [0.1, 0.15) is 11.1 Å². The molecule has 0 saturated carbocycles. The minimum atomic E-state index is 0. The van der Waals surface area contributed by atoms with Crippen LogP contribution in [0.2, 0.25) is 0 Å². The summed E-state index contributed by atoms with van der Waals surface area (Å²) in [6, 6.07) is 33.6. The van der Waals surface area contributed by atoms with Gasteiger partial charge in [0.1, 0.15) is 13.2 Å². The summed E-state index contributed by atoms with van der Waals surface area (Å²) in [6.45, 7) is 0.941. The van der Waals surface area contributed by atoms with Crippen molar-refractivity contribution in [2.24, 2.45) is 0 Å². The predicted octanol–water partition coefficient (Wildman–Crippen LogP) is 5.94. The molecule has 0 radical (unpaired) electrons. The quantitative estimate of drug-likeness (QED) is 0.350. The van der Waals surface area contributed by atoms with Crippen molar-refractivity contribution in [1.29, 1.82) is 0 Å². The van der Waals surface area contributed by atoms with Crippen LogP contribution in [0.4, 0.5) is 0 Å². The number of hydrogen-bond donors (Lipinski definition) is 2. The number of aromatic hydroxyl groups is 2. The third kappa shape index (κ3) is 8.31. The molecule has 0 heterocycles. The van der Waals surface area contributed by atoms with E-state index in [-0.39, 0.29) is 37.7 Å². The molecule has 2 N–H and O–H groups in total. The molecule has 4 aromatic carbocycles. The number of benzene rings is 4. The Morgan fingerprint density at radius 2 is 0.774 bits per heavy atom. The molecule has 31 heavy (non-hydrogen) atoms. The minimum Gasteiger partial charge on any atom is -0.504 e. The molecule has 4 aromatic rings. The minimum absolute atomic E-state index is 0. The molecule has 0 spiro atoms. The van der Waals surface area contributed by atoms with E-state index in [1.54, 1.807) is 36.4 Å². The molecular formula is C26H24O4Zr. The van der Waals surface area contributed by atoms with Gasteiger partial charge in [0.25, 0.3) is 0 Å². The van der Waals surface area contributed by atoms with Crippen LogP contribution in [0, 0.1) is 0 Å². The third-order valence-corrected chi connectivity index (χ3v) is 4.20. The number of phenolic OH excluding ortho intramolecular Hbond substituents is 2. The van der Waals surface area contributed by atoms with Crippen molar-refractivity contribution in [3.63, 3.8) is 0 Å². The van der Waals surface area contributed by atoms with E-state index in [4.69, 9.17) is 9.47 Å². The average Bonchev–Trinajstić information content (AvgIpc) is 2.80. The van der Waals surface area contributed by atoms with E-state index in [0.717, 1.165) is 11.1 Å². The zero-order chi connectivity index (χ0) is 21.0. The number of para-hydroxylation sites is 4. The van der Waals surface area contributed by atoms with Crippen molar-refractivity contribution in [3.8, 4) is 23.0 Å². The molecule has 0 amide bonds. The third-order valence-electron chi connectivity index (χ3n) is 4.20. The van der Waals surface area contributed by atoms with Gasteiger partial charge in [0.05, 0.1) is 0 Å². The van der Waals surface area contributed by atoms with Gasteiger partial charge in [-0.1, -0.05) is 84.9 Å². The molecule has 0 bridgehead atoms. The van der Waals surface area contributed by atoms with E-state index < -0.39 is 0 Å². The fraction of sp³-hybridized carbons (Fsp3) is 0.0769. The molecule has 156 valence electrons. The van der Waals surface area contributed by atoms with Gasteiger partial charge in [-0.25, -0.2) is 0 Å². The predicted molar refractivity (Wildman–Crippen MR) is 118 cm³/mol. The first-order chi connectivity index (χ1) is 14.7. The molecule has 5 heteroatoms. The second-order valence-corrected chi connectivity index (χ2v) is 6.48. The van der Waals surface area contributed by atoms with Crippen molar-refractivity contribution < 1.29 is 45.9 Å². The molecule has 0 aliphatic rings. The van der Waals surface area contributed by atoms with Crippen molar-refractivity contribution >= 4 is 0 Å². The van der Waals surface area contributed by atoms with E-state index in [1.165, 1.54) is 0 Å². The molecule has 0 aromatic heterocycles. The Bertz CT molecular complexity index is 938. The molecule has 0 saturated heterocycles. The number of hydrogen-bond acceptors (Lipinski definition) is 4. The number of rotatable bonds is 6. The van der Waals surface area contributed by atoms with Crippen LogP contribution < -0.4 is 9.47 Å². The first-order valence-corrected chi connectivity index (χ1v) is 9.62. The average molecular weight is 492 g/mol. The van der Waals surface area contributed by atoms with Crippen LogP contribution in [0.5, 0.6) is 23.0 Å². The molecule has 4 nitrogen and oxygen atoms in total. The van der Waals surface area contributed by atoms with Crippen LogP contribution in [0.15, 0.2) is 109 Å². The maximum atomic E-state index is 9.46. The molecular weight excluding hydrogens is 468 g/mol. The Kier molecular flexibility index (Phi) is 10.4. The van der Waals surface area contributed by atoms with E-state index in [9.17, 15) is 10.2 Å². The molecule has 0 unspecified atom stereocenters. The summed E-state index contributed by atoms with van der Waals surface area (Å²) in [5.74, 6) is 1.38. The maximum absolute atomic E-state index is 9.46. The van der Waals surface area contributed by atoms with Gasteiger partial charge in [-0.05, 0) is 35.4 Å². The Morgan fingerprint density at radius 1 is 0.452 bits per heavy atom. The fourth-order valence-corrected chi connectivity index (χ4v) is 2.63. The largest absolute Gasteiger partial charge is 0.504 e. The van der Waals surface area contributed by atoms with Gasteiger partial charge in [-0.15, -0.1) is 0 Å². The Balaban J connectivity index is 0.000000213. The zero-order valence-corrected chi connectivity index (χ0v) is 19.5. The summed E-state index contributed by atoms with van der Waals surface area (Å²) in [5.41, 5.74) is 2.17. The van der Waals surface area contributed by atoms with Crippen molar-refractivity contribution in [1.82, 2.24) is 0 Å². The maximum Gasteiger partial charge on any atom is 0.161 e. The topological polar surface area (TPSA) is 58.9 Å². The normalized spacial score (nSPS) is 9.55. The summed E-state index contributed by atoms with van der Waals surface area (Å²) in [6.07, 6.45) is 0. The summed E-state index contributed by atoms with van der Waals surface area (Å²) in [7, 11) is 0. The van der Waals surface area contributed by atoms with Crippen molar-refractivity contribution in [2.75, 3.05) is 0 Å². The molecule has 4 rings (SSSR count). The molecule has 0 fully saturated rings. The van der Waals surface area contributed by atoms with Gasteiger partial charge in [-0.2, -0.15) is 0 Å². The zero-order valence-electron chi connectivity index (χ0n) is 17.0. The molecule has 0 atom stereocenters. The molecule has 0 aliphatic carbocycles. The summed E-state index contributed by atoms with van der Waals surface area (Å²) >= 11 is 0. The van der Waals surface area contributed by atoms with E-state index >= 15 is 0 Å². The smallest absolute Gasteiger partial charge is 0.161 e. The van der Waals surface area contributed by atoms with Gasteiger partial charge in [0.15, 0.2) is 23.0 Å². The van der Waals surface area contributed by atoms with Crippen LogP contribution in [-0.4, -0.2) is 10.2 Å². The first-order valence-electron chi connectivity index (χ1n) is 9.62. The SMILES string of the molecule is Oc1ccccc1OCc1ccccc1.Oc1ccccc1OCc1ccccc1.[Zr]. The number of ether oxygens (including phenoxy) is 2. The van der Waals surface area contributed by atoms with E-state index in [2.05, 4.69) is 0 Å². The van der Waals surface area contributed by atoms with Crippen molar-refractivity contribution in [2.45, 2.75) is 13.2 Å². The second kappa shape index (κ2) is 13.3. The summed E-state index contributed by atoms with van der Waals surface area (Å²) < 4.78 is 10.9. The van der Waals surface area contributed by atoms with Crippen LogP contribution in [-0.2, 0) is 39.4 Å². The van der Waals surface area contributed by atoms with Gasteiger partial charge in [0, 0.05) is 26.2 Å². The summed E-state index contributed by atoms with van der Waals surface area (Å²) in [5, 5.41) is 18.9. The standard InChI is InChI=1S/2C13H12O2.Zr/c2*14-12-8-4-5-9-13(12)15-10-11-6-2-1-3-7-11;/h2*1-9,14H,10H2;. The number of phenols is 2. The second-order valence-electron chi connectivity index (χ2n) is 6.48. The monoisotopic (exact) mass is 490 g/mol. The molecule has 0 aliphatic heterocycles. The van der Waals surface area contributed by atoms with Gasteiger partial charge >= 0.3 is 0 Å².